The number of halogens is 1. The van der Waals surface area contributed by atoms with Crippen LogP contribution in [-0.4, -0.2) is 10.9 Å². The molecule has 0 spiro atoms. The number of amides is 1. The first-order valence-corrected chi connectivity index (χ1v) is 8.80. The molecule has 0 aliphatic heterocycles. The first-order valence-electron chi connectivity index (χ1n) is 8.00. The first-order chi connectivity index (χ1) is 11.5. The van der Waals surface area contributed by atoms with Crippen LogP contribution in [-0.2, 0) is 4.79 Å². The Morgan fingerprint density at radius 3 is 2.62 bits per heavy atom. The van der Waals surface area contributed by atoms with Gasteiger partial charge in [0.25, 0.3) is 0 Å². The fraction of sp³-hybridized carbons (Fsp3) is 0.300. The van der Waals surface area contributed by atoms with E-state index in [-0.39, 0.29) is 5.91 Å². The minimum atomic E-state index is -0.252. The summed E-state index contributed by atoms with van der Waals surface area (Å²) in [6, 6.07) is 8.02. The molecule has 4 heteroatoms. The van der Waals surface area contributed by atoms with E-state index in [0.717, 1.165) is 34.1 Å². The molecule has 1 aliphatic rings. The molecule has 122 valence electrons. The highest BCUT2D eigenvalue weighted by Gasteiger charge is 2.31. The molecule has 0 saturated heterocycles. The van der Waals surface area contributed by atoms with Gasteiger partial charge in [0.2, 0.25) is 0 Å². The molecule has 0 radical (unpaired) electrons. The molecule has 0 unspecified atom stereocenters. The monoisotopic (exact) mass is 382 g/mol. The van der Waals surface area contributed by atoms with E-state index in [0.29, 0.717) is 11.7 Å². The Morgan fingerprint density at radius 2 is 2.04 bits per heavy atom. The average Bonchev–Trinajstić information content (AvgIpc) is 3.38. The topological polar surface area (TPSA) is 33.2 Å². The Morgan fingerprint density at radius 1 is 1.29 bits per heavy atom. The Balaban J connectivity index is 2.18. The van der Waals surface area contributed by atoms with Gasteiger partial charge < -0.3 is 0 Å². The second-order valence-corrected chi connectivity index (χ2v) is 7.00. The van der Waals surface area contributed by atoms with Crippen LogP contribution in [0.15, 0.2) is 34.9 Å². The average molecular weight is 383 g/mol. The van der Waals surface area contributed by atoms with Gasteiger partial charge in [-0.05, 0) is 80.3 Å². The molecule has 1 amide bonds. The molecule has 24 heavy (non-hydrogen) atoms. The number of anilines is 2. The predicted octanol–water partition coefficient (Wildman–Crippen LogP) is 5.03. The molecule has 1 aliphatic carbocycles. The summed E-state index contributed by atoms with van der Waals surface area (Å²) in [4.78, 5) is 18.8. The van der Waals surface area contributed by atoms with Crippen molar-refractivity contribution in [2.45, 2.75) is 39.5 Å². The maximum atomic E-state index is 12.7. The highest BCUT2D eigenvalue weighted by Crippen LogP contribution is 2.47. The van der Waals surface area contributed by atoms with Crippen LogP contribution in [0.25, 0.3) is 0 Å². The lowest BCUT2D eigenvalue weighted by Gasteiger charge is -2.23. The van der Waals surface area contributed by atoms with E-state index in [2.05, 4.69) is 44.9 Å². The van der Waals surface area contributed by atoms with Gasteiger partial charge in [0.1, 0.15) is 5.82 Å². The number of carbonyl (C=O) groups is 1. The van der Waals surface area contributed by atoms with Crippen LogP contribution in [0.5, 0.6) is 0 Å². The molecule has 1 aromatic heterocycles. The lowest BCUT2D eigenvalue weighted by molar-refractivity contribution is -0.112. The number of benzene rings is 1. The van der Waals surface area contributed by atoms with Crippen molar-refractivity contribution in [3.63, 3.8) is 0 Å². The summed E-state index contributed by atoms with van der Waals surface area (Å²) < 4.78 is 1.07. The van der Waals surface area contributed by atoms with E-state index in [1.165, 1.54) is 5.56 Å². The Kier molecular flexibility index (Phi) is 4.73. The summed E-state index contributed by atoms with van der Waals surface area (Å²) in [5.74, 6) is 6.24. The second kappa shape index (κ2) is 6.78. The summed E-state index contributed by atoms with van der Waals surface area (Å²) in [6.07, 6.45) is 4.09. The van der Waals surface area contributed by atoms with Crippen LogP contribution in [0.4, 0.5) is 11.5 Å². The molecule has 1 aromatic carbocycles. The highest BCUT2D eigenvalue weighted by atomic mass is 79.9. The highest BCUT2D eigenvalue weighted by molar-refractivity contribution is 9.10. The Labute approximate surface area is 151 Å². The fourth-order valence-electron chi connectivity index (χ4n) is 2.69. The number of carbonyl (C=O) groups excluding carboxylic acids is 1. The van der Waals surface area contributed by atoms with Gasteiger partial charge in [-0.15, -0.1) is 0 Å². The number of nitrogens with zero attached hydrogens (tertiary/aromatic N) is 2. The van der Waals surface area contributed by atoms with Crippen molar-refractivity contribution < 1.29 is 4.79 Å². The Bertz CT molecular complexity index is 842. The summed E-state index contributed by atoms with van der Waals surface area (Å²) in [6.45, 7) is 5.68. The van der Waals surface area contributed by atoms with E-state index < -0.39 is 0 Å². The van der Waals surface area contributed by atoms with Crippen molar-refractivity contribution in [2.24, 2.45) is 0 Å². The third kappa shape index (κ3) is 3.37. The van der Waals surface area contributed by atoms with Gasteiger partial charge in [-0.25, -0.2) is 4.98 Å². The standard InChI is InChI=1S/C20H19BrN2O/c1-4-5-20(24)23(19-9-6-13(2)12-22-19)18-10-14(3)17(21)11-16(18)15-7-8-15/h6,9-12,15H,7-8H2,1-3H3. The molecule has 1 saturated carbocycles. The van der Waals surface area contributed by atoms with Crippen LogP contribution in [0.2, 0.25) is 0 Å². The second-order valence-electron chi connectivity index (χ2n) is 6.14. The number of hydrogen-bond acceptors (Lipinski definition) is 2. The smallest absolute Gasteiger partial charge is 0.258 e. The summed E-state index contributed by atoms with van der Waals surface area (Å²) >= 11 is 3.61. The van der Waals surface area contributed by atoms with E-state index in [1.54, 1.807) is 18.0 Å². The molecular formula is C20H19BrN2O. The predicted molar refractivity (Wildman–Crippen MR) is 100 cm³/mol. The lowest BCUT2D eigenvalue weighted by atomic mass is 10.0. The minimum Gasteiger partial charge on any atom is -0.258 e. The Hall–Kier alpha value is -2.12. The van der Waals surface area contributed by atoms with Gasteiger partial charge in [0.05, 0.1) is 5.69 Å². The number of rotatable bonds is 3. The number of aromatic nitrogens is 1. The summed E-state index contributed by atoms with van der Waals surface area (Å²) in [5.41, 5.74) is 4.22. The molecule has 0 bridgehead atoms. The van der Waals surface area contributed by atoms with Gasteiger partial charge in [0.15, 0.2) is 0 Å². The van der Waals surface area contributed by atoms with E-state index in [9.17, 15) is 4.79 Å². The van der Waals surface area contributed by atoms with Crippen molar-refractivity contribution in [1.29, 1.82) is 0 Å². The molecule has 3 nitrogen and oxygen atoms in total. The summed E-state index contributed by atoms with van der Waals surface area (Å²) in [5, 5.41) is 0. The maximum Gasteiger partial charge on any atom is 0.308 e. The van der Waals surface area contributed by atoms with Gasteiger partial charge in [-0.3, -0.25) is 9.69 Å². The zero-order valence-corrected chi connectivity index (χ0v) is 15.6. The van der Waals surface area contributed by atoms with Crippen LogP contribution in [0, 0.1) is 25.7 Å². The van der Waals surface area contributed by atoms with Crippen LogP contribution in [0.1, 0.15) is 42.4 Å². The maximum absolute atomic E-state index is 12.7. The normalized spacial score (nSPS) is 13.2. The fourth-order valence-corrected chi connectivity index (χ4v) is 3.05. The number of hydrogen-bond donors (Lipinski definition) is 0. The molecule has 2 aromatic rings. The van der Waals surface area contributed by atoms with E-state index >= 15 is 0 Å². The van der Waals surface area contributed by atoms with Crippen LogP contribution >= 0.6 is 15.9 Å². The quantitative estimate of drug-likeness (QED) is 0.697. The molecule has 1 fully saturated rings. The van der Waals surface area contributed by atoms with Crippen molar-refractivity contribution in [3.05, 3.63) is 51.6 Å². The van der Waals surface area contributed by atoms with Gasteiger partial charge in [-0.2, -0.15) is 0 Å². The minimum absolute atomic E-state index is 0.252. The van der Waals surface area contributed by atoms with E-state index in [1.807, 2.05) is 26.0 Å². The number of pyridine rings is 1. The SMILES string of the molecule is CC#CC(=O)N(c1ccc(C)cn1)c1cc(C)c(Br)cc1C1CC1. The molecule has 1 heterocycles. The molecule has 0 N–H and O–H groups in total. The van der Waals surface area contributed by atoms with Crippen molar-refractivity contribution in [3.8, 4) is 11.8 Å². The summed E-state index contributed by atoms with van der Waals surface area (Å²) in [7, 11) is 0. The van der Waals surface area contributed by atoms with E-state index in [4.69, 9.17) is 0 Å². The van der Waals surface area contributed by atoms with Crippen molar-refractivity contribution >= 4 is 33.3 Å². The largest absolute Gasteiger partial charge is 0.308 e. The van der Waals surface area contributed by atoms with Crippen LogP contribution < -0.4 is 4.90 Å². The van der Waals surface area contributed by atoms with Crippen LogP contribution in [0.3, 0.4) is 0 Å². The third-order valence-corrected chi connectivity index (χ3v) is 4.98. The third-order valence-electron chi connectivity index (χ3n) is 4.13. The first kappa shape index (κ1) is 16.7. The van der Waals surface area contributed by atoms with Gasteiger partial charge in [-0.1, -0.05) is 27.9 Å². The molecular weight excluding hydrogens is 364 g/mol. The van der Waals surface area contributed by atoms with Crippen molar-refractivity contribution in [2.75, 3.05) is 4.90 Å². The van der Waals surface area contributed by atoms with Gasteiger partial charge in [0, 0.05) is 10.7 Å². The number of aryl methyl sites for hydroxylation is 2. The zero-order chi connectivity index (χ0) is 17.3. The van der Waals surface area contributed by atoms with Gasteiger partial charge >= 0.3 is 5.91 Å². The zero-order valence-electron chi connectivity index (χ0n) is 14.1. The van der Waals surface area contributed by atoms with Crippen molar-refractivity contribution in [1.82, 2.24) is 4.98 Å². The molecule has 3 rings (SSSR count). The molecule has 0 atom stereocenters. The lowest BCUT2D eigenvalue weighted by Crippen LogP contribution is -2.26.